The van der Waals surface area contributed by atoms with Crippen molar-refractivity contribution in [1.82, 2.24) is 5.32 Å². The number of fused-ring (bicyclic) bond motifs is 3. The van der Waals surface area contributed by atoms with E-state index < -0.39 is 0 Å². The zero-order valence-electron chi connectivity index (χ0n) is 14.5. The molecule has 0 amide bonds. The van der Waals surface area contributed by atoms with E-state index in [0.717, 1.165) is 6.42 Å². The molecule has 126 valence electrons. The Morgan fingerprint density at radius 2 is 2.00 bits per heavy atom. The molecule has 2 heterocycles. The van der Waals surface area contributed by atoms with Crippen LogP contribution in [0.5, 0.6) is 0 Å². The Hall–Kier alpha value is -1.87. The fourth-order valence-electron chi connectivity index (χ4n) is 4.78. The Morgan fingerprint density at radius 3 is 2.79 bits per heavy atom. The fraction of sp³-hybridized carbons (Fsp3) is 0.476. The molecule has 1 N–H and O–H groups in total. The first-order valence-corrected chi connectivity index (χ1v) is 9.14. The van der Waals surface area contributed by atoms with Gasteiger partial charge in [-0.25, -0.2) is 0 Å². The molecular weight excluding hydrogens is 296 g/mol. The van der Waals surface area contributed by atoms with Crippen molar-refractivity contribution in [1.29, 1.82) is 0 Å². The maximum atomic E-state index is 5.17. The van der Waals surface area contributed by atoms with E-state index in [1.165, 1.54) is 41.3 Å². The lowest BCUT2D eigenvalue weighted by atomic mass is 9.73. The second kappa shape index (κ2) is 6.56. The van der Waals surface area contributed by atoms with Gasteiger partial charge in [-0.2, -0.15) is 0 Å². The third-order valence-electron chi connectivity index (χ3n) is 5.84. The van der Waals surface area contributed by atoms with E-state index in [1.807, 2.05) is 0 Å². The summed E-state index contributed by atoms with van der Waals surface area (Å²) in [6.07, 6.45) is 4.69. The fourth-order valence-corrected chi connectivity index (χ4v) is 4.78. The smallest absolute Gasteiger partial charge is 0.106 e. The van der Waals surface area contributed by atoms with Crippen LogP contribution in [0, 0.1) is 5.92 Å². The summed E-state index contributed by atoms with van der Waals surface area (Å²) in [6.45, 7) is 2.19. The molecule has 2 saturated heterocycles. The molecule has 4 rings (SSSR count). The lowest BCUT2D eigenvalue weighted by molar-refractivity contribution is 0.204. The van der Waals surface area contributed by atoms with Crippen LogP contribution in [-0.4, -0.2) is 24.9 Å². The van der Waals surface area contributed by atoms with Crippen LogP contribution in [0.4, 0.5) is 0 Å². The van der Waals surface area contributed by atoms with Gasteiger partial charge < -0.3 is 10.2 Å². The van der Waals surface area contributed by atoms with Crippen LogP contribution >= 0.6 is 0 Å². The molecule has 2 aromatic carbocycles. The van der Waals surface area contributed by atoms with Crippen molar-refractivity contribution in [3.8, 4) is 0 Å². The van der Waals surface area contributed by atoms with E-state index in [0.29, 0.717) is 23.9 Å². The average molecular weight is 322 g/mol. The minimum Gasteiger partial charge on any atom is -0.399 e. The SMILES string of the molecule is CCC(=NOC)[C@@H]1[C@@H]2CCC(C[C@H]1c1ccc3ccccc3c1)N2. The lowest BCUT2D eigenvalue weighted by Crippen LogP contribution is -2.47. The van der Waals surface area contributed by atoms with Crippen LogP contribution in [0.15, 0.2) is 47.6 Å². The summed E-state index contributed by atoms with van der Waals surface area (Å²) in [4.78, 5) is 5.17. The largest absolute Gasteiger partial charge is 0.399 e. The van der Waals surface area contributed by atoms with E-state index in [4.69, 9.17) is 4.84 Å². The second-order valence-corrected chi connectivity index (χ2v) is 7.14. The zero-order valence-corrected chi connectivity index (χ0v) is 14.5. The molecular formula is C21H26N2O. The molecule has 0 radical (unpaired) electrons. The summed E-state index contributed by atoms with van der Waals surface area (Å²) in [7, 11) is 1.66. The number of piperidine rings is 1. The maximum absolute atomic E-state index is 5.17. The van der Waals surface area contributed by atoms with Gasteiger partial charge >= 0.3 is 0 Å². The number of hydrogen-bond donors (Lipinski definition) is 1. The maximum Gasteiger partial charge on any atom is 0.106 e. The molecule has 0 aliphatic carbocycles. The van der Waals surface area contributed by atoms with Gasteiger partial charge in [0.2, 0.25) is 0 Å². The summed E-state index contributed by atoms with van der Waals surface area (Å²) in [6, 6.07) is 16.8. The lowest BCUT2D eigenvalue weighted by Gasteiger charge is -2.38. The second-order valence-electron chi connectivity index (χ2n) is 7.14. The molecule has 24 heavy (non-hydrogen) atoms. The summed E-state index contributed by atoms with van der Waals surface area (Å²) in [5.74, 6) is 0.970. The Bertz CT molecular complexity index is 754. The number of rotatable bonds is 4. The number of oxime groups is 1. The van der Waals surface area contributed by atoms with Gasteiger partial charge in [0.05, 0.1) is 5.71 Å². The first kappa shape index (κ1) is 15.6. The average Bonchev–Trinajstić information content (AvgIpc) is 3.01. The van der Waals surface area contributed by atoms with Gasteiger partial charge in [0.25, 0.3) is 0 Å². The molecule has 4 atom stereocenters. The van der Waals surface area contributed by atoms with Crippen molar-refractivity contribution in [2.45, 2.75) is 50.6 Å². The van der Waals surface area contributed by atoms with Crippen LogP contribution in [0.3, 0.4) is 0 Å². The number of benzene rings is 2. The highest BCUT2D eigenvalue weighted by Gasteiger charge is 2.44. The van der Waals surface area contributed by atoms with E-state index in [-0.39, 0.29) is 0 Å². The zero-order chi connectivity index (χ0) is 16.5. The molecule has 0 aromatic heterocycles. The molecule has 3 nitrogen and oxygen atoms in total. The van der Waals surface area contributed by atoms with Gasteiger partial charge in [0, 0.05) is 18.0 Å². The summed E-state index contributed by atoms with van der Waals surface area (Å²) >= 11 is 0. The summed E-state index contributed by atoms with van der Waals surface area (Å²) < 4.78 is 0. The first-order chi connectivity index (χ1) is 11.8. The van der Waals surface area contributed by atoms with E-state index in [9.17, 15) is 0 Å². The van der Waals surface area contributed by atoms with Gasteiger partial charge in [0.15, 0.2) is 0 Å². The van der Waals surface area contributed by atoms with Crippen molar-refractivity contribution in [3.05, 3.63) is 48.0 Å². The van der Waals surface area contributed by atoms with Gasteiger partial charge in [-0.1, -0.05) is 54.5 Å². The molecule has 2 aliphatic rings. The van der Waals surface area contributed by atoms with Crippen LogP contribution in [-0.2, 0) is 4.84 Å². The molecule has 2 fully saturated rings. The number of nitrogens with one attached hydrogen (secondary N) is 1. The predicted octanol–water partition coefficient (Wildman–Crippen LogP) is 4.48. The van der Waals surface area contributed by atoms with E-state index in [1.54, 1.807) is 7.11 Å². The highest BCUT2D eigenvalue weighted by Crippen LogP contribution is 2.43. The van der Waals surface area contributed by atoms with E-state index in [2.05, 4.69) is 59.9 Å². The van der Waals surface area contributed by atoms with Crippen molar-refractivity contribution in [2.24, 2.45) is 11.1 Å². The quantitative estimate of drug-likeness (QED) is 0.665. The third-order valence-corrected chi connectivity index (χ3v) is 5.84. The molecule has 2 aliphatic heterocycles. The van der Waals surface area contributed by atoms with Gasteiger partial charge in [-0.15, -0.1) is 0 Å². The Morgan fingerprint density at radius 1 is 1.17 bits per heavy atom. The topological polar surface area (TPSA) is 33.6 Å². The van der Waals surface area contributed by atoms with Crippen LogP contribution < -0.4 is 5.32 Å². The van der Waals surface area contributed by atoms with Gasteiger partial charge in [-0.05, 0) is 47.9 Å². The van der Waals surface area contributed by atoms with Crippen LogP contribution in [0.2, 0.25) is 0 Å². The molecule has 1 unspecified atom stereocenters. The van der Waals surface area contributed by atoms with Crippen molar-refractivity contribution < 1.29 is 4.84 Å². The first-order valence-electron chi connectivity index (χ1n) is 9.14. The van der Waals surface area contributed by atoms with Crippen LogP contribution in [0.25, 0.3) is 10.8 Å². The Kier molecular flexibility index (Phi) is 4.28. The van der Waals surface area contributed by atoms with Crippen molar-refractivity contribution in [2.75, 3.05) is 7.11 Å². The minimum atomic E-state index is 0.440. The standard InChI is InChI=1S/C21H26N2O/c1-3-19(23-24-2)21-18(13-17-10-11-20(21)22-17)16-9-8-14-6-4-5-7-15(14)12-16/h4-9,12,17-18,20-22H,3,10-11,13H2,1-2H3/t17?,18-,20-,21+/m0/s1. The Labute approximate surface area is 144 Å². The third kappa shape index (κ3) is 2.71. The highest BCUT2D eigenvalue weighted by molar-refractivity contribution is 5.88. The minimum absolute atomic E-state index is 0.440. The normalized spacial score (nSPS) is 29.8. The van der Waals surface area contributed by atoms with Gasteiger partial charge in [0.1, 0.15) is 7.11 Å². The van der Waals surface area contributed by atoms with Crippen molar-refractivity contribution >= 4 is 16.5 Å². The number of nitrogens with zero attached hydrogens (tertiary/aromatic N) is 1. The molecule has 0 saturated carbocycles. The van der Waals surface area contributed by atoms with Crippen molar-refractivity contribution in [3.63, 3.8) is 0 Å². The predicted molar refractivity (Wildman–Crippen MR) is 99.5 cm³/mol. The molecule has 3 heteroatoms. The summed E-state index contributed by atoms with van der Waals surface area (Å²) in [5, 5.41) is 10.9. The highest BCUT2D eigenvalue weighted by atomic mass is 16.6. The number of hydrogen-bond acceptors (Lipinski definition) is 3. The van der Waals surface area contributed by atoms with Crippen LogP contribution in [0.1, 0.15) is 44.1 Å². The monoisotopic (exact) mass is 322 g/mol. The van der Waals surface area contributed by atoms with E-state index >= 15 is 0 Å². The molecule has 2 aromatic rings. The Balaban J connectivity index is 1.75. The molecule has 2 bridgehead atoms. The van der Waals surface area contributed by atoms with Gasteiger partial charge in [-0.3, -0.25) is 0 Å². The summed E-state index contributed by atoms with van der Waals surface area (Å²) in [5.41, 5.74) is 2.66. The molecule has 0 spiro atoms.